The molecule has 0 unspecified atom stereocenters. The molecule has 0 atom stereocenters. The van der Waals surface area contributed by atoms with Crippen LogP contribution in [0.15, 0.2) is 0 Å². The molecule has 5 nitrogen and oxygen atoms in total. The van der Waals surface area contributed by atoms with Gasteiger partial charge in [0, 0.05) is 28.8 Å². The average molecular weight is 234 g/mol. The first kappa shape index (κ1) is 29.2. The van der Waals surface area contributed by atoms with Crippen LogP contribution in [0.1, 0.15) is 25.7 Å². The number of hydrogen-bond acceptors (Lipinski definition) is 2. The second kappa shape index (κ2) is 29.4. The van der Waals surface area contributed by atoms with E-state index in [1.165, 1.54) is 25.7 Å². The Hall–Kier alpha value is 0.514. The Morgan fingerprint density at radius 3 is 1.31 bits per heavy atom. The van der Waals surface area contributed by atoms with Crippen molar-refractivity contribution in [2.24, 2.45) is 0 Å². The average Bonchev–Trinajstić information content (AvgIpc) is 1.63. The van der Waals surface area contributed by atoms with Crippen LogP contribution in [-0.2, 0) is 26.5 Å². The van der Waals surface area contributed by atoms with E-state index in [0.717, 1.165) is 0 Å². The molecule has 0 spiro atoms. The summed E-state index contributed by atoms with van der Waals surface area (Å²) in [6.45, 7) is 0.566. The van der Waals surface area contributed by atoms with Crippen molar-refractivity contribution in [1.29, 1.82) is 0 Å². The molecule has 0 amide bonds. The fraction of sp³-hybridized carbons (Fsp3) is 1.00. The van der Waals surface area contributed by atoms with Gasteiger partial charge < -0.3 is 26.3 Å². The third kappa shape index (κ3) is 32.6. The zero-order valence-corrected chi connectivity index (χ0v) is 9.66. The molecule has 1 aliphatic rings. The molecule has 0 aliphatic heterocycles. The third-order valence-corrected chi connectivity index (χ3v) is 1.30. The summed E-state index contributed by atoms with van der Waals surface area (Å²) in [5, 5.41) is 7.94. The summed E-state index contributed by atoms with van der Waals surface area (Å²) in [6.07, 6.45) is 6.00. The summed E-state index contributed by atoms with van der Waals surface area (Å²) in [5.74, 6) is 0. The van der Waals surface area contributed by atoms with Gasteiger partial charge in [0.1, 0.15) is 0 Å². The molecule has 7 N–H and O–H groups in total. The topological polar surface area (TPSA) is 124 Å². The van der Waals surface area contributed by atoms with Gasteiger partial charge in [0.15, 0.2) is 0 Å². The smallest absolute Gasteiger partial charge is 0.0693 e. The van der Waals surface area contributed by atoms with Gasteiger partial charge in [-0.05, 0) is 0 Å². The Morgan fingerprint density at radius 2 is 1.31 bits per heavy atom. The number of aliphatic hydroxyl groups is 1. The Bertz CT molecular complexity index is 46.1. The molecule has 1 rings (SSSR count). The molecule has 0 aromatic heterocycles. The number of ether oxygens (including phenoxy) is 1. The number of aliphatic hydroxyl groups excluding tert-OH is 1. The van der Waals surface area contributed by atoms with Crippen LogP contribution in [0.2, 0.25) is 0 Å². The van der Waals surface area contributed by atoms with E-state index >= 15 is 0 Å². The molecule has 1 fully saturated rings. The Balaban J connectivity index is -0.0000000252. The molecule has 0 heterocycles. The molecule has 0 bridgehead atoms. The van der Waals surface area contributed by atoms with Crippen molar-refractivity contribution in [3.05, 3.63) is 0 Å². The Morgan fingerprint density at radius 1 is 1.00 bits per heavy atom. The van der Waals surface area contributed by atoms with E-state index in [4.69, 9.17) is 5.11 Å². The zero-order valence-electron chi connectivity index (χ0n) is 8.10. The van der Waals surface area contributed by atoms with Crippen LogP contribution in [0.3, 0.4) is 0 Å². The van der Waals surface area contributed by atoms with Crippen molar-refractivity contribution in [3.8, 4) is 0 Å². The molecule has 0 aromatic rings. The summed E-state index contributed by atoms with van der Waals surface area (Å²) >= 11 is 0. The van der Waals surface area contributed by atoms with Gasteiger partial charge in [-0.15, -0.1) is 0 Å². The van der Waals surface area contributed by atoms with Crippen molar-refractivity contribution in [2.75, 3.05) is 20.3 Å². The van der Waals surface area contributed by atoms with E-state index in [1.807, 2.05) is 0 Å². The quantitative estimate of drug-likeness (QED) is 0.597. The second-order valence-corrected chi connectivity index (χ2v) is 2.13. The number of rotatable bonds is 2. The minimum atomic E-state index is 0. The fourth-order valence-electron chi connectivity index (χ4n) is 0.341. The first-order valence-corrected chi connectivity index (χ1v) is 3.51. The summed E-state index contributed by atoms with van der Waals surface area (Å²) in [5.41, 5.74) is 0. The number of methoxy groups -OCH3 is 1. The zero-order chi connectivity index (χ0) is 6.95. The molecular weight excluding hydrogens is 212 g/mol. The van der Waals surface area contributed by atoms with Crippen LogP contribution < -0.4 is 0 Å². The monoisotopic (exact) mass is 234 g/mol. The molecule has 1 aliphatic carbocycles. The van der Waals surface area contributed by atoms with E-state index in [-0.39, 0.29) is 44.8 Å². The summed E-state index contributed by atoms with van der Waals surface area (Å²) in [7, 11) is 1.55. The Kier molecular flexibility index (Phi) is 66.0. The van der Waals surface area contributed by atoms with Crippen LogP contribution >= 0.6 is 0 Å². The number of hydrogen-bond donors (Lipinski definition) is 1. The maximum absolute atomic E-state index is 7.94. The summed E-state index contributed by atoms with van der Waals surface area (Å²) in [6, 6.07) is 0. The summed E-state index contributed by atoms with van der Waals surface area (Å²) < 4.78 is 4.44. The van der Waals surface area contributed by atoms with Crippen molar-refractivity contribution in [2.45, 2.75) is 25.7 Å². The van der Waals surface area contributed by atoms with E-state index in [9.17, 15) is 0 Å². The van der Waals surface area contributed by atoms with E-state index in [1.54, 1.807) is 7.11 Å². The minimum Gasteiger partial charge on any atom is -0.412 e. The first-order chi connectivity index (χ1) is 4.41. The van der Waals surface area contributed by atoms with Crippen LogP contribution in [0, 0.1) is 0 Å². The molecule has 84 valence electrons. The van der Waals surface area contributed by atoms with Gasteiger partial charge >= 0.3 is 0 Å². The van der Waals surface area contributed by atoms with Crippen molar-refractivity contribution >= 4 is 0 Å². The van der Waals surface area contributed by atoms with Gasteiger partial charge in [-0.2, -0.15) is 0 Å². The van der Waals surface area contributed by atoms with E-state index in [2.05, 4.69) is 4.74 Å². The van der Waals surface area contributed by atoms with Crippen molar-refractivity contribution < 1.29 is 48.0 Å². The van der Waals surface area contributed by atoms with Gasteiger partial charge in [0.05, 0.1) is 13.2 Å². The third-order valence-electron chi connectivity index (χ3n) is 1.30. The molecule has 0 saturated heterocycles. The van der Waals surface area contributed by atoms with Crippen LogP contribution in [0.25, 0.3) is 0 Å². The molecule has 0 aromatic carbocycles. The fourth-order valence-corrected chi connectivity index (χ4v) is 0.341. The predicted octanol–water partition coefficient (Wildman–Crippen LogP) is -1.29. The van der Waals surface area contributed by atoms with Crippen molar-refractivity contribution in [3.63, 3.8) is 0 Å². The van der Waals surface area contributed by atoms with Crippen LogP contribution in [-0.4, -0.2) is 41.9 Å². The first-order valence-electron chi connectivity index (χ1n) is 3.51. The van der Waals surface area contributed by atoms with Gasteiger partial charge in [-0.25, -0.2) is 0 Å². The molecule has 6 heteroatoms. The second-order valence-electron chi connectivity index (χ2n) is 2.13. The molecular formula is C7H22O5Ti. The maximum atomic E-state index is 7.94. The predicted molar refractivity (Wildman–Crippen MR) is 48.3 cm³/mol. The van der Waals surface area contributed by atoms with Gasteiger partial charge in [-0.3, -0.25) is 0 Å². The maximum Gasteiger partial charge on any atom is 0.0693 e. The standard InChI is InChI=1S/C4H8.C3H8O2.3H2O.Ti/c1-2-4-3-1;1-5-3-2-4;;;;/h1-4H2;4H,2-3H2,1H3;3*1H2;. The van der Waals surface area contributed by atoms with Gasteiger partial charge in [0.25, 0.3) is 0 Å². The van der Waals surface area contributed by atoms with Gasteiger partial charge in [0.2, 0.25) is 0 Å². The normalized spacial score (nSPS) is 10.6. The Labute approximate surface area is 94.3 Å². The van der Waals surface area contributed by atoms with Gasteiger partial charge in [-0.1, -0.05) is 25.7 Å². The van der Waals surface area contributed by atoms with E-state index < -0.39 is 0 Å². The van der Waals surface area contributed by atoms with Crippen molar-refractivity contribution in [1.82, 2.24) is 0 Å². The van der Waals surface area contributed by atoms with Crippen LogP contribution in [0.5, 0.6) is 0 Å². The summed E-state index contributed by atoms with van der Waals surface area (Å²) in [4.78, 5) is 0. The molecule has 13 heavy (non-hydrogen) atoms. The van der Waals surface area contributed by atoms with Crippen LogP contribution in [0.4, 0.5) is 0 Å². The van der Waals surface area contributed by atoms with E-state index in [0.29, 0.717) is 6.61 Å². The largest absolute Gasteiger partial charge is 0.412 e. The SMILES string of the molecule is C1CCC1.COCCO.O.O.O.[Ti]. The minimum absolute atomic E-state index is 0. The molecule has 1 saturated carbocycles. The molecule has 0 radical (unpaired) electrons.